The van der Waals surface area contributed by atoms with Gasteiger partial charge in [-0.3, -0.25) is 0 Å². The van der Waals surface area contributed by atoms with Gasteiger partial charge in [0.25, 0.3) is 0 Å². The van der Waals surface area contributed by atoms with Crippen LogP contribution in [0.4, 0.5) is 5.69 Å². The van der Waals surface area contributed by atoms with Gasteiger partial charge in [-0.15, -0.1) is 0 Å². The highest BCUT2D eigenvalue weighted by Crippen LogP contribution is 2.20. The number of hydrogen-bond acceptors (Lipinski definition) is 3. The Hall–Kier alpha value is -1.53. The second-order valence-electron chi connectivity index (χ2n) is 4.11. The van der Waals surface area contributed by atoms with Crippen molar-refractivity contribution >= 4 is 5.69 Å². The first kappa shape index (κ1) is 12.5. The summed E-state index contributed by atoms with van der Waals surface area (Å²) in [4.78, 5) is 0. The summed E-state index contributed by atoms with van der Waals surface area (Å²) in [5, 5.41) is 21.1. The molecule has 3 heteroatoms. The Bertz CT molecular complexity index is 382. The van der Waals surface area contributed by atoms with Gasteiger partial charge in [0.05, 0.1) is 11.3 Å². The summed E-state index contributed by atoms with van der Waals surface area (Å²) in [5.74, 6) is 0.399. The molecule has 0 aliphatic rings. The molecule has 1 unspecified atom stereocenters. The minimum absolute atomic E-state index is 0.210. The van der Waals surface area contributed by atoms with E-state index in [2.05, 4.69) is 18.3 Å². The molecule has 0 aliphatic heterocycles. The molecule has 1 aromatic rings. The van der Waals surface area contributed by atoms with E-state index in [0.717, 1.165) is 24.2 Å². The SMILES string of the molecule is Cc1cccc(C#N)c1NCC(C)CCO. The zero-order valence-corrected chi connectivity index (χ0v) is 9.83. The fraction of sp³-hybridized carbons (Fsp3) is 0.462. The van der Waals surface area contributed by atoms with Crippen molar-refractivity contribution in [2.45, 2.75) is 20.3 Å². The van der Waals surface area contributed by atoms with E-state index in [1.165, 1.54) is 0 Å². The summed E-state index contributed by atoms with van der Waals surface area (Å²) in [6.45, 7) is 5.05. The lowest BCUT2D eigenvalue weighted by Gasteiger charge is -2.15. The first-order valence-corrected chi connectivity index (χ1v) is 5.53. The lowest BCUT2D eigenvalue weighted by atomic mass is 10.1. The van der Waals surface area contributed by atoms with Crippen LogP contribution in [0.1, 0.15) is 24.5 Å². The quantitative estimate of drug-likeness (QED) is 0.797. The minimum atomic E-state index is 0.210. The third-order valence-corrected chi connectivity index (χ3v) is 2.64. The van der Waals surface area contributed by atoms with Crippen LogP contribution in [-0.4, -0.2) is 18.3 Å². The van der Waals surface area contributed by atoms with Crippen LogP contribution in [0.15, 0.2) is 18.2 Å². The molecular weight excluding hydrogens is 200 g/mol. The Kier molecular flexibility index (Phi) is 4.81. The van der Waals surface area contributed by atoms with E-state index in [0.29, 0.717) is 11.5 Å². The molecule has 0 radical (unpaired) electrons. The van der Waals surface area contributed by atoms with Gasteiger partial charge in [-0.2, -0.15) is 5.26 Å². The number of benzene rings is 1. The van der Waals surface area contributed by atoms with Crippen LogP contribution in [0.2, 0.25) is 0 Å². The smallest absolute Gasteiger partial charge is 0.101 e. The highest BCUT2D eigenvalue weighted by molar-refractivity contribution is 5.62. The van der Waals surface area contributed by atoms with Gasteiger partial charge in [0.1, 0.15) is 6.07 Å². The summed E-state index contributed by atoms with van der Waals surface area (Å²) in [7, 11) is 0. The summed E-state index contributed by atoms with van der Waals surface area (Å²) in [6, 6.07) is 7.86. The van der Waals surface area contributed by atoms with Crippen molar-refractivity contribution in [3.63, 3.8) is 0 Å². The van der Waals surface area contributed by atoms with Crippen LogP contribution in [0.25, 0.3) is 0 Å². The Morgan fingerprint density at radius 1 is 1.50 bits per heavy atom. The predicted molar refractivity (Wildman–Crippen MR) is 65.3 cm³/mol. The van der Waals surface area contributed by atoms with Gasteiger partial charge < -0.3 is 10.4 Å². The maximum absolute atomic E-state index is 8.98. The number of anilines is 1. The molecule has 0 heterocycles. The second kappa shape index (κ2) is 6.14. The average molecular weight is 218 g/mol. The minimum Gasteiger partial charge on any atom is -0.396 e. The molecule has 0 saturated carbocycles. The number of para-hydroxylation sites is 1. The third-order valence-electron chi connectivity index (χ3n) is 2.64. The van der Waals surface area contributed by atoms with Crippen LogP contribution in [0.3, 0.4) is 0 Å². The molecule has 1 atom stereocenters. The van der Waals surface area contributed by atoms with Crippen LogP contribution < -0.4 is 5.32 Å². The monoisotopic (exact) mass is 218 g/mol. The fourth-order valence-corrected chi connectivity index (χ4v) is 1.59. The molecule has 0 bridgehead atoms. The average Bonchev–Trinajstić information content (AvgIpc) is 2.27. The molecule has 3 nitrogen and oxygen atoms in total. The number of nitrogens with zero attached hydrogens (tertiary/aromatic N) is 1. The van der Waals surface area contributed by atoms with Gasteiger partial charge in [-0.1, -0.05) is 19.1 Å². The summed E-state index contributed by atoms with van der Waals surface area (Å²) in [6.07, 6.45) is 0.779. The van der Waals surface area contributed by atoms with Crippen LogP contribution in [-0.2, 0) is 0 Å². The Balaban J connectivity index is 2.70. The van der Waals surface area contributed by atoms with Crippen molar-refractivity contribution in [3.8, 4) is 6.07 Å². The van der Waals surface area contributed by atoms with E-state index in [1.54, 1.807) is 0 Å². The Morgan fingerprint density at radius 2 is 2.25 bits per heavy atom. The van der Waals surface area contributed by atoms with E-state index >= 15 is 0 Å². The summed E-state index contributed by atoms with van der Waals surface area (Å²) >= 11 is 0. The van der Waals surface area contributed by atoms with Gasteiger partial charge in [-0.25, -0.2) is 0 Å². The molecular formula is C13H18N2O. The van der Waals surface area contributed by atoms with Crippen molar-refractivity contribution in [2.24, 2.45) is 5.92 Å². The summed E-state index contributed by atoms with van der Waals surface area (Å²) < 4.78 is 0. The molecule has 0 fully saturated rings. The molecule has 1 aromatic carbocycles. The Morgan fingerprint density at radius 3 is 2.88 bits per heavy atom. The molecule has 0 spiro atoms. The number of hydrogen-bond donors (Lipinski definition) is 2. The van der Waals surface area contributed by atoms with E-state index in [-0.39, 0.29) is 6.61 Å². The number of aryl methyl sites for hydroxylation is 1. The normalized spacial score (nSPS) is 11.9. The largest absolute Gasteiger partial charge is 0.396 e. The lowest BCUT2D eigenvalue weighted by molar-refractivity contribution is 0.266. The molecule has 1 rings (SSSR count). The van der Waals surface area contributed by atoms with E-state index in [4.69, 9.17) is 10.4 Å². The van der Waals surface area contributed by atoms with E-state index < -0.39 is 0 Å². The van der Waals surface area contributed by atoms with Gasteiger partial charge in [-0.05, 0) is 30.9 Å². The third kappa shape index (κ3) is 3.25. The topological polar surface area (TPSA) is 56.0 Å². The van der Waals surface area contributed by atoms with Gasteiger partial charge in [0.15, 0.2) is 0 Å². The molecule has 16 heavy (non-hydrogen) atoms. The first-order chi connectivity index (χ1) is 7.69. The van der Waals surface area contributed by atoms with E-state index in [9.17, 15) is 0 Å². The zero-order chi connectivity index (χ0) is 12.0. The molecule has 2 N–H and O–H groups in total. The van der Waals surface area contributed by atoms with Crippen molar-refractivity contribution < 1.29 is 5.11 Å². The van der Waals surface area contributed by atoms with Crippen LogP contribution >= 0.6 is 0 Å². The predicted octanol–water partition coefficient (Wildman–Crippen LogP) is 2.30. The van der Waals surface area contributed by atoms with Crippen molar-refractivity contribution in [3.05, 3.63) is 29.3 Å². The van der Waals surface area contributed by atoms with Crippen molar-refractivity contribution in [1.29, 1.82) is 5.26 Å². The number of nitriles is 1. The Labute approximate surface area is 96.7 Å². The molecule has 0 amide bonds. The molecule has 0 aliphatic carbocycles. The van der Waals surface area contributed by atoms with Crippen LogP contribution in [0, 0.1) is 24.2 Å². The molecule has 0 saturated heterocycles. The lowest BCUT2D eigenvalue weighted by Crippen LogP contribution is -2.14. The second-order valence-corrected chi connectivity index (χ2v) is 4.11. The number of rotatable bonds is 5. The molecule has 86 valence electrons. The van der Waals surface area contributed by atoms with Gasteiger partial charge >= 0.3 is 0 Å². The first-order valence-electron chi connectivity index (χ1n) is 5.53. The van der Waals surface area contributed by atoms with E-state index in [1.807, 2.05) is 25.1 Å². The maximum Gasteiger partial charge on any atom is 0.101 e. The van der Waals surface area contributed by atoms with Crippen molar-refractivity contribution in [1.82, 2.24) is 0 Å². The van der Waals surface area contributed by atoms with Gasteiger partial charge in [0, 0.05) is 13.2 Å². The number of nitrogens with one attached hydrogen (secondary N) is 1. The molecule has 0 aromatic heterocycles. The highest BCUT2D eigenvalue weighted by atomic mass is 16.3. The van der Waals surface area contributed by atoms with Gasteiger partial charge in [0.2, 0.25) is 0 Å². The maximum atomic E-state index is 8.98. The fourth-order valence-electron chi connectivity index (χ4n) is 1.59. The number of aliphatic hydroxyl groups is 1. The highest BCUT2D eigenvalue weighted by Gasteiger charge is 2.06. The van der Waals surface area contributed by atoms with Crippen LogP contribution in [0.5, 0.6) is 0 Å². The number of aliphatic hydroxyl groups excluding tert-OH is 1. The standard InChI is InChI=1S/C13H18N2O/c1-10(6-7-16)9-15-13-11(2)4-3-5-12(13)8-14/h3-5,10,15-16H,6-7,9H2,1-2H3. The summed E-state index contributed by atoms with van der Waals surface area (Å²) in [5.41, 5.74) is 2.67. The zero-order valence-electron chi connectivity index (χ0n) is 9.83. The van der Waals surface area contributed by atoms with Crippen molar-refractivity contribution in [2.75, 3.05) is 18.5 Å².